The second kappa shape index (κ2) is 6.59. The van der Waals surface area contributed by atoms with Crippen LogP contribution in [0.5, 0.6) is 0 Å². The number of likely N-dealkylation sites (tertiary alicyclic amines) is 1. The highest BCUT2D eigenvalue weighted by Crippen LogP contribution is 2.21. The Labute approximate surface area is 122 Å². The molecule has 110 valence electrons. The van der Waals surface area contributed by atoms with Crippen LogP contribution in [0.2, 0.25) is 0 Å². The van der Waals surface area contributed by atoms with Gasteiger partial charge in [-0.1, -0.05) is 25.0 Å². The zero-order valence-corrected chi connectivity index (χ0v) is 12.3. The van der Waals surface area contributed by atoms with Gasteiger partial charge in [0.15, 0.2) is 0 Å². The van der Waals surface area contributed by atoms with Crippen LogP contribution in [0.1, 0.15) is 37.7 Å². The summed E-state index contributed by atoms with van der Waals surface area (Å²) in [7, 11) is 0. The highest BCUT2D eigenvalue weighted by molar-refractivity contribution is 5.47. The summed E-state index contributed by atoms with van der Waals surface area (Å²) < 4.78 is 0. The van der Waals surface area contributed by atoms with Crippen LogP contribution in [0.4, 0.5) is 5.69 Å². The fraction of sp³-hybridized carbons (Fsp3) is 0.647. The third-order valence-corrected chi connectivity index (χ3v) is 4.56. The van der Waals surface area contributed by atoms with Crippen LogP contribution < -0.4 is 4.90 Å². The maximum absolute atomic E-state index is 9.57. The van der Waals surface area contributed by atoms with Crippen LogP contribution in [0, 0.1) is 0 Å². The van der Waals surface area contributed by atoms with E-state index in [0.29, 0.717) is 0 Å². The van der Waals surface area contributed by atoms with Crippen LogP contribution in [-0.4, -0.2) is 42.3 Å². The molecule has 0 amide bonds. The zero-order chi connectivity index (χ0) is 13.8. The van der Waals surface area contributed by atoms with Crippen molar-refractivity contribution in [2.45, 2.75) is 44.8 Å². The van der Waals surface area contributed by atoms with E-state index in [9.17, 15) is 5.11 Å². The molecule has 2 fully saturated rings. The maximum atomic E-state index is 9.57. The molecule has 20 heavy (non-hydrogen) atoms. The first-order chi connectivity index (χ1) is 9.81. The van der Waals surface area contributed by atoms with Crippen molar-refractivity contribution < 1.29 is 5.11 Å². The first kappa shape index (κ1) is 13.9. The van der Waals surface area contributed by atoms with Crippen LogP contribution in [0.3, 0.4) is 0 Å². The highest BCUT2D eigenvalue weighted by atomic mass is 16.3. The number of nitrogens with zero attached hydrogens (tertiary/aromatic N) is 2. The van der Waals surface area contributed by atoms with Gasteiger partial charge < -0.3 is 10.0 Å². The Hall–Kier alpha value is -1.06. The van der Waals surface area contributed by atoms with Gasteiger partial charge in [-0.05, 0) is 37.0 Å². The topological polar surface area (TPSA) is 26.7 Å². The first-order valence-electron chi connectivity index (χ1n) is 8.05. The van der Waals surface area contributed by atoms with Crippen LogP contribution in [0.15, 0.2) is 24.3 Å². The number of hydrogen-bond donors (Lipinski definition) is 1. The molecule has 2 aliphatic heterocycles. The van der Waals surface area contributed by atoms with Gasteiger partial charge in [-0.15, -0.1) is 0 Å². The van der Waals surface area contributed by atoms with Gasteiger partial charge in [0.1, 0.15) is 0 Å². The molecule has 0 unspecified atom stereocenters. The van der Waals surface area contributed by atoms with Crippen molar-refractivity contribution in [3.8, 4) is 0 Å². The molecule has 0 aliphatic carbocycles. The molecule has 0 spiro atoms. The number of anilines is 1. The van der Waals surface area contributed by atoms with E-state index in [1.165, 1.54) is 50.0 Å². The van der Waals surface area contributed by atoms with Crippen molar-refractivity contribution >= 4 is 5.69 Å². The van der Waals surface area contributed by atoms with E-state index in [1.807, 2.05) is 0 Å². The molecule has 3 nitrogen and oxygen atoms in total. The third kappa shape index (κ3) is 3.53. The lowest BCUT2D eigenvalue weighted by molar-refractivity contribution is 0.175. The lowest BCUT2D eigenvalue weighted by atomic mass is 10.2. The van der Waals surface area contributed by atoms with Gasteiger partial charge in [-0.25, -0.2) is 0 Å². The molecule has 0 radical (unpaired) electrons. The van der Waals surface area contributed by atoms with Gasteiger partial charge in [0.05, 0.1) is 6.10 Å². The molecule has 0 bridgehead atoms. The minimum atomic E-state index is -0.119. The SMILES string of the molecule is O[C@@H]1CCN(Cc2ccc(N3CCCCCC3)cc2)C1. The third-order valence-electron chi connectivity index (χ3n) is 4.56. The molecule has 1 atom stereocenters. The molecule has 2 saturated heterocycles. The molecule has 0 saturated carbocycles. The van der Waals surface area contributed by atoms with E-state index in [1.54, 1.807) is 0 Å². The number of β-amino-alcohol motifs (C(OH)–C–C–N with tert-alkyl or cyclic N) is 1. The monoisotopic (exact) mass is 274 g/mol. The van der Waals surface area contributed by atoms with Crippen LogP contribution in [0.25, 0.3) is 0 Å². The van der Waals surface area contributed by atoms with Crippen molar-refractivity contribution in [1.82, 2.24) is 4.90 Å². The summed E-state index contributed by atoms with van der Waals surface area (Å²) in [6.45, 7) is 5.23. The van der Waals surface area contributed by atoms with E-state index in [4.69, 9.17) is 0 Å². The summed E-state index contributed by atoms with van der Waals surface area (Å²) in [5.74, 6) is 0. The van der Waals surface area contributed by atoms with Crippen LogP contribution >= 0.6 is 0 Å². The number of aliphatic hydroxyl groups is 1. The van der Waals surface area contributed by atoms with Gasteiger partial charge in [0.2, 0.25) is 0 Å². The van der Waals surface area contributed by atoms with Gasteiger partial charge in [0.25, 0.3) is 0 Å². The summed E-state index contributed by atoms with van der Waals surface area (Å²) in [6, 6.07) is 9.05. The summed E-state index contributed by atoms with van der Waals surface area (Å²) in [5, 5.41) is 9.57. The number of benzene rings is 1. The summed E-state index contributed by atoms with van der Waals surface area (Å²) in [4.78, 5) is 4.86. The van der Waals surface area contributed by atoms with Crippen molar-refractivity contribution in [3.63, 3.8) is 0 Å². The number of rotatable bonds is 3. The van der Waals surface area contributed by atoms with Crippen molar-refractivity contribution in [1.29, 1.82) is 0 Å². The van der Waals surface area contributed by atoms with E-state index < -0.39 is 0 Å². The Kier molecular flexibility index (Phi) is 4.58. The van der Waals surface area contributed by atoms with E-state index in [2.05, 4.69) is 34.1 Å². The Morgan fingerprint density at radius 3 is 2.25 bits per heavy atom. The molecular weight excluding hydrogens is 248 g/mol. The Bertz CT molecular complexity index is 410. The minimum absolute atomic E-state index is 0.119. The average molecular weight is 274 g/mol. The molecule has 1 N–H and O–H groups in total. The second-order valence-electron chi connectivity index (χ2n) is 6.25. The molecule has 0 aromatic heterocycles. The zero-order valence-electron chi connectivity index (χ0n) is 12.3. The molecule has 3 rings (SSSR count). The quantitative estimate of drug-likeness (QED) is 0.918. The molecule has 2 heterocycles. The summed E-state index contributed by atoms with van der Waals surface area (Å²) in [6.07, 6.45) is 6.22. The Balaban J connectivity index is 1.59. The normalized spacial score (nSPS) is 24.9. The van der Waals surface area contributed by atoms with Gasteiger partial charge in [-0.3, -0.25) is 4.90 Å². The van der Waals surface area contributed by atoms with Crippen LogP contribution in [-0.2, 0) is 6.54 Å². The molecule has 2 aliphatic rings. The smallest absolute Gasteiger partial charge is 0.0679 e. The van der Waals surface area contributed by atoms with Crippen molar-refractivity contribution in [2.75, 3.05) is 31.1 Å². The maximum Gasteiger partial charge on any atom is 0.0679 e. The Morgan fingerprint density at radius 2 is 1.65 bits per heavy atom. The lowest BCUT2D eigenvalue weighted by Gasteiger charge is -2.23. The summed E-state index contributed by atoms with van der Waals surface area (Å²) >= 11 is 0. The second-order valence-corrected chi connectivity index (χ2v) is 6.25. The van der Waals surface area contributed by atoms with Gasteiger partial charge >= 0.3 is 0 Å². The fourth-order valence-electron chi connectivity index (χ4n) is 3.36. The standard InChI is InChI=1S/C17H26N2O/c20-17-9-12-18(14-17)13-15-5-7-16(8-6-15)19-10-3-1-2-4-11-19/h5-8,17,20H,1-4,9-14H2/t17-/m1/s1. The molecule has 3 heteroatoms. The molecule has 1 aromatic carbocycles. The van der Waals surface area contributed by atoms with Gasteiger partial charge in [-0.2, -0.15) is 0 Å². The summed E-state index contributed by atoms with van der Waals surface area (Å²) in [5.41, 5.74) is 2.73. The number of aliphatic hydroxyl groups excluding tert-OH is 1. The highest BCUT2D eigenvalue weighted by Gasteiger charge is 2.19. The minimum Gasteiger partial charge on any atom is -0.392 e. The predicted molar refractivity (Wildman–Crippen MR) is 83.0 cm³/mol. The first-order valence-corrected chi connectivity index (χ1v) is 8.05. The molecule has 1 aromatic rings. The van der Waals surface area contributed by atoms with E-state index >= 15 is 0 Å². The van der Waals surface area contributed by atoms with E-state index in [-0.39, 0.29) is 6.10 Å². The molecular formula is C17H26N2O. The largest absolute Gasteiger partial charge is 0.392 e. The van der Waals surface area contributed by atoms with Gasteiger partial charge in [0, 0.05) is 38.4 Å². The average Bonchev–Trinajstić information content (AvgIpc) is 2.72. The lowest BCUT2D eigenvalue weighted by Crippen LogP contribution is -2.24. The van der Waals surface area contributed by atoms with Crippen molar-refractivity contribution in [3.05, 3.63) is 29.8 Å². The van der Waals surface area contributed by atoms with Crippen molar-refractivity contribution in [2.24, 2.45) is 0 Å². The number of hydrogen-bond acceptors (Lipinski definition) is 3. The predicted octanol–water partition coefficient (Wildman–Crippen LogP) is 2.63. The fourth-order valence-corrected chi connectivity index (χ4v) is 3.36. The van der Waals surface area contributed by atoms with E-state index in [0.717, 1.165) is 26.1 Å². The Morgan fingerprint density at radius 1 is 0.950 bits per heavy atom.